The Labute approximate surface area is 67.8 Å². The molecule has 0 aliphatic heterocycles. The zero-order chi connectivity index (χ0) is 8.53. The van der Waals surface area contributed by atoms with Crippen LogP contribution in [0, 0.1) is 0 Å². The minimum Gasteiger partial charge on any atom is -0.383 e. The van der Waals surface area contributed by atoms with E-state index in [0.717, 1.165) is 18.7 Å². The summed E-state index contributed by atoms with van der Waals surface area (Å²) in [6.45, 7) is 3.41. The van der Waals surface area contributed by atoms with E-state index >= 15 is 0 Å². The van der Waals surface area contributed by atoms with Gasteiger partial charge in [0.1, 0.15) is 5.84 Å². The van der Waals surface area contributed by atoms with Crippen LogP contribution in [0.4, 0.5) is 0 Å². The fourth-order valence-corrected chi connectivity index (χ4v) is 0.706. The molecule has 0 aromatic heterocycles. The first kappa shape index (κ1) is 10.4. The van der Waals surface area contributed by atoms with Crippen molar-refractivity contribution < 1.29 is 4.74 Å². The maximum absolute atomic E-state index is 5.22. The van der Waals surface area contributed by atoms with E-state index in [1.54, 1.807) is 7.11 Å². The van der Waals surface area contributed by atoms with Crippen molar-refractivity contribution in [3.8, 4) is 0 Å². The van der Waals surface area contributed by atoms with E-state index in [9.17, 15) is 0 Å². The topological polar surface area (TPSA) is 59.6 Å². The first-order valence-corrected chi connectivity index (χ1v) is 3.84. The number of hydrogen-bond donors (Lipinski definition) is 2. The lowest BCUT2D eigenvalue weighted by molar-refractivity contribution is 0.208. The number of nitrogens with zero attached hydrogens (tertiary/aromatic N) is 1. The lowest BCUT2D eigenvalue weighted by Gasteiger charge is -2.02. The maximum atomic E-state index is 5.22. The molecule has 11 heavy (non-hydrogen) atoms. The van der Waals surface area contributed by atoms with Crippen LogP contribution in [0.2, 0.25) is 0 Å². The molecular weight excluding hydrogens is 142 g/mol. The zero-order valence-corrected chi connectivity index (χ0v) is 7.26. The number of hydrogen-bond acceptors (Lipinski definition) is 3. The highest BCUT2D eigenvalue weighted by molar-refractivity contribution is 5.81. The van der Waals surface area contributed by atoms with Crippen LogP contribution < -0.4 is 11.3 Å². The van der Waals surface area contributed by atoms with Crippen molar-refractivity contribution in [3.63, 3.8) is 0 Å². The molecular formula is C7H17N3O. The molecule has 4 heteroatoms. The number of nitrogens with two attached hydrogens (primary N) is 1. The van der Waals surface area contributed by atoms with Crippen LogP contribution >= 0.6 is 0 Å². The van der Waals surface area contributed by atoms with E-state index in [4.69, 9.17) is 10.6 Å². The highest BCUT2D eigenvalue weighted by Crippen LogP contribution is 1.88. The third-order valence-electron chi connectivity index (χ3n) is 1.25. The summed E-state index contributed by atoms with van der Waals surface area (Å²) in [5, 5.41) is 0. The van der Waals surface area contributed by atoms with E-state index in [1.807, 2.05) is 0 Å². The van der Waals surface area contributed by atoms with E-state index in [2.05, 4.69) is 17.3 Å². The lowest BCUT2D eigenvalue weighted by atomic mass is 10.3. The molecule has 0 rings (SSSR count). The van der Waals surface area contributed by atoms with Gasteiger partial charge in [-0.05, 0) is 6.42 Å². The standard InChI is InChI=1S/C7H17N3O/c1-3-4-7(10-8)9-5-6-11-2/h3-6,8H2,1-2H3,(H,9,10). The highest BCUT2D eigenvalue weighted by atomic mass is 16.5. The Morgan fingerprint density at radius 1 is 1.64 bits per heavy atom. The van der Waals surface area contributed by atoms with Crippen molar-refractivity contribution in [2.75, 3.05) is 20.3 Å². The Morgan fingerprint density at radius 2 is 2.36 bits per heavy atom. The van der Waals surface area contributed by atoms with Gasteiger partial charge >= 0.3 is 0 Å². The lowest BCUT2D eigenvalue weighted by Crippen LogP contribution is -2.30. The van der Waals surface area contributed by atoms with Crippen LogP contribution in [0.5, 0.6) is 0 Å². The van der Waals surface area contributed by atoms with E-state index in [0.29, 0.717) is 13.2 Å². The number of ether oxygens (including phenoxy) is 1. The van der Waals surface area contributed by atoms with Gasteiger partial charge in [-0.25, -0.2) is 5.84 Å². The van der Waals surface area contributed by atoms with Crippen LogP contribution in [-0.2, 0) is 4.74 Å². The van der Waals surface area contributed by atoms with Gasteiger partial charge in [-0.1, -0.05) is 6.92 Å². The fraction of sp³-hybridized carbons (Fsp3) is 0.857. The van der Waals surface area contributed by atoms with Crippen LogP contribution in [0.25, 0.3) is 0 Å². The maximum Gasteiger partial charge on any atom is 0.110 e. The molecule has 0 spiro atoms. The third-order valence-corrected chi connectivity index (χ3v) is 1.25. The normalized spacial score (nSPS) is 11.7. The molecule has 0 radical (unpaired) electrons. The van der Waals surface area contributed by atoms with Crippen molar-refractivity contribution in [3.05, 3.63) is 0 Å². The Bertz CT molecular complexity index is 114. The molecule has 66 valence electrons. The van der Waals surface area contributed by atoms with Crippen LogP contribution in [-0.4, -0.2) is 26.1 Å². The Hall–Kier alpha value is -0.610. The predicted octanol–water partition coefficient (Wildman–Crippen LogP) is 0.295. The van der Waals surface area contributed by atoms with Gasteiger partial charge in [0, 0.05) is 13.5 Å². The summed E-state index contributed by atoms with van der Waals surface area (Å²) >= 11 is 0. The number of methoxy groups -OCH3 is 1. The van der Waals surface area contributed by atoms with Gasteiger partial charge in [0.25, 0.3) is 0 Å². The van der Waals surface area contributed by atoms with Gasteiger partial charge < -0.3 is 10.2 Å². The molecule has 0 amide bonds. The molecule has 0 atom stereocenters. The van der Waals surface area contributed by atoms with Crippen LogP contribution in [0.1, 0.15) is 19.8 Å². The molecule has 0 saturated heterocycles. The molecule has 0 aromatic carbocycles. The number of nitrogens with one attached hydrogen (secondary N) is 1. The minimum absolute atomic E-state index is 0.648. The second-order valence-corrected chi connectivity index (χ2v) is 2.22. The Balaban J connectivity index is 3.52. The SMILES string of the molecule is CCCC(=NCCOC)NN. The summed E-state index contributed by atoms with van der Waals surface area (Å²) in [6, 6.07) is 0. The van der Waals surface area contributed by atoms with Gasteiger partial charge in [-0.15, -0.1) is 0 Å². The zero-order valence-electron chi connectivity index (χ0n) is 7.26. The van der Waals surface area contributed by atoms with Gasteiger partial charge in [-0.3, -0.25) is 4.99 Å². The largest absolute Gasteiger partial charge is 0.383 e. The van der Waals surface area contributed by atoms with Crippen molar-refractivity contribution in [2.45, 2.75) is 19.8 Å². The molecule has 3 N–H and O–H groups in total. The smallest absolute Gasteiger partial charge is 0.110 e. The second-order valence-electron chi connectivity index (χ2n) is 2.22. The number of rotatable bonds is 5. The summed E-state index contributed by atoms with van der Waals surface area (Å²) in [6.07, 6.45) is 1.95. The molecule has 0 aliphatic carbocycles. The van der Waals surface area contributed by atoms with Crippen molar-refractivity contribution in [1.29, 1.82) is 0 Å². The number of amidine groups is 1. The summed E-state index contributed by atoms with van der Waals surface area (Å²) in [5.74, 6) is 6.07. The highest BCUT2D eigenvalue weighted by Gasteiger charge is 1.91. The molecule has 0 fully saturated rings. The summed E-state index contributed by atoms with van der Waals surface area (Å²) in [4.78, 5) is 4.18. The second kappa shape index (κ2) is 7.50. The summed E-state index contributed by atoms with van der Waals surface area (Å²) in [5.41, 5.74) is 2.56. The number of aliphatic imine (C=N–C) groups is 1. The molecule has 0 aromatic rings. The molecule has 0 aliphatic rings. The minimum atomic E-state index is 0.648. The van der Waals surface area contributed by atoms with E-state index in [-0.39, 0.29) is 0 Å². The first-order chi connectivity index (χ1) is 5.35. The molecule has 0 unspecified atom stereocenters. The van der Waals surface area contributed by atoms with E-state index < -0.39 is 0 Å². The summed E-state index contributed by atoms with van der Waals surface area (Å²) in [7, 11) is 1.66. The summed E-state index contributed by atoms with van der Waals surface area (Å²) < 4.78 is 4.84. The predicted molar refractivity (Wildman–Crippen MR) is 46.4 cm³/mol. The number of hydrazine groups is 1. The molecule has 0 saturated carbocycles. The average molecular weight is 159 g/mol. The van der Waals surface area contributed by atoms with Crippen molar-refractivity contribution in [1.82, 2.24) is 5.43 Å². The Morgan fingerprint density at radius 3 is 2.82 bits per heavy atom. The molecule has 4 nitrogen and oxygen atoms in total. The monoisotopic (exact) mass is 159 g/mol. The third kappa shape index (κ3) is 5.82. The first-order valence-electron chi connectivity index (χ1n) is 3.84. The Kier molecular flexibility index (Phi) is 7.08. The van der Waals surface area contributed by atoms with Gasteiger partial charge in [-0.2, -0.15) is 0 Å². The van der Waals surface area contributed by atoms with Crippen LogP contribution in [0.3, 0.4) is 0 Å². The van der Waals surface area contributed by atoms with Gasteiger partial charge in [0.15, 0.2) is 0 Å². The quantitative estimate of drug-likeness (QED) is 0.199. The molecule has 0 heterocycles. The molecule has 0 bridgehead atoms. The van der Waals surface area contributed by atoms with Gasteiger partial charge in [0.2, 0.25) is 0 Å². The van der Waals surface area contributed by atoms with Crippen molar-refractivity contribution >= 4 is 5.84 Å². The van der Waals surface area contributed by atoms with Gasteiger partial charge in [0.05, 0.1) is 13.2 Å². The van der Waals surface area contributed by atoms with Crippen molar-refractivity contribution in [2.24, 2.45) is 10.8 Å². The fourth-order valence-electron chi connectivity index (χ4n) is 0.706. The van der Waals surface area contributed by atoms with Crippen LogP contribution in [0.15, 0.2) is 4.99 Å². The van der Waals surface area contributed by atoms with E-state index in [1.165, 1.54) is 0 Å². The average Bonchev–Trinajstić information content (AvgIpc) is 2.03.